The SMILES string of the molecule is CCCCCCCCCc1cnc([C@H]2CC[C@H](C3CCC(CCCCC)CC3)C(F)(F)C2)nc1. The predicted octanol–water partition coefficient (Wildman–Crippen LogP) is 9.68. The molecule has 0 radical (unpaired) electrons. The summed E-state index contributed by atoms with van der Waals surface area (Å²) < 4.78 is 30.6. The summed E-state index contributed by atoms with van der Waals surface area (Å²) in [4.78, 5) is 9.09. The molecular formula is C30H50F2N2. The van der Waals surface area contributed by atoms with E-state index in [0.29, 0.717) is 12.2 Å². The first-order valence-electron chi connectivity index (χ1n) is 14.7. The van der Waals surface area contributed by atoms with Crippen molar-refractivity contribution >= 4 is 0 Å². The standard InChI is InChI=1S/C30H50F2N2/c1-3-5-7-8-9-10-12-14-25-22-33-29(34-23-25)27-19-20-28(30(31,32)21-27)26-17-15-24(16-18-26)13-11-6-4-2/h22-24,26-28H,3-21H2,1-2H3/t24?,26?,27-,28+/m0/s1. The second kappa shape index (κ2) is 14.5. The number of aromatic nitrogens is 2. The van der Waals surface area contributed by atoms with Gasteiger partial charge in [-0.3, -0.25) is 0 Å². The van der Waals surface area contributed by atoms with Crippen molar-refractivity contribution in [2.45, 2.75) is 148 Å². The molecule has 2 saturated carbocycles. The lowest BCUT2D eigenvalue weighted by Gasteiger charge is -2.42. The Hall–Kier alpha value is -1.06. The lowest BCUT2D eigenvalue weighted by atomic mass is 9.67. The minimum absolute atomic E-state index is 0.0643. The molecule has 4 heteroatoms. The summed E-state index contributed by atoms with van der Waals surface area (Å²) >= 11 is 0. The zero-order valence-corrected chi connectivity index (χ0v) is 22.0. The summed E-state index contributed by atoms with van der Waals surface area (Å²) in [5, 5.41) is 0. The van der Waals surface area contributed by atoms with Crippen LogP contribution in [0.1, 0.15) is 147 Å². The molecule has 194 valence electrons. The average molecular weight is 477 g/mol. The number of aryl methyl sites for hydroxylation is 1. The second-order valence-corrected chi connectivity index (χ2v) is 11.4. The van der Waals surface area contributed by atoms with Gasteiger partial charge in [-0.2, -0.15) is 0 Å². The molecule has 2 aliphatic carbocycles. The second-order valence-electron chi connectivity index (χ2n) is 11.4. The van der Waals surface area contributed by atoms with Gasteiger partial charge in [0.15, 0.2) is 0 Å². The first-order valence-corrected chi connectivity index (χ1v) is 14.7. The fourth-order valence-corrected chi connectivity index (χ4v) is 6.53. The molecule has 0 amide bonds. The summed E-state index contributed by atoms with van der Waals surface area (Å²) in [6, 6.07) is 0. The Balaban J connectivity index is 1.41. The molecule has 0 aliphatic heterocycles. The number of rotatable bonds is 14. The molecule has 2 atom stereocenters. The molecule has 2 nitrogen and oxygen atoms in total. The van der Waals surface area contributed by atoms with Crippen molar-refractivity contribution < 1.29 is 8.78 Å². The van der Waals surface area contributed by atoms with Crippen LogP contribution in [0.15, 0.2) is 12.4 Å². The first kappa shape index (κ1) is 27.5. The van der Waals surface area contributed by atoms with Crippen molar-refractivity contribution in [2.75, 3.05) is 0 Å². The van der Waals surface area contributed by atoms with Crippen LogP contribution < -0.4 is 0 Å². The van der Waals surface area contributed by atoms with Crippen LogP contribution in [0.2, 0.25) is 0 Å². The molecule has 0 aromatic carbocycles. The molecule has 0 N–H and O–H groups in total. The number of nitrogens with zero attached hydrogens (tertiary/aromatic N) is 2. The van der Waals surface area contributed by atoms with E-state index in [2.05, 4.69) is 23.8 Å². The van der Waals surface area contributed by atoms with Crippen LogP contribution in [0.5, 0.6) is 0 Å². The summed E-state index contributed by atoms with van der Waals surface area (Å²) in [5.41, 5.74) is 1.15. The van der Waals surface area contributed by atoms with Crippen molar-refractivity contribution in [3.05, 3.63) is 23.8 Å². The van der Waals surface area contributed by atoms with Crippen LogP contribution in [0, 0.1) is 17.8 Å². The van der Waals surface area contributed by atoms with E-state index in [0.717, 1.165) is 50.0 Å². The van der Waals surface area contributed by atoms with Crippen molar-refractivity contribution in [3.63, 3.8) is 0 Å². The minimum Gasteiger partial charge on any atom is -0.241 e. The van der Waals surface area contributed by atoms with Crippen molar-refractivity contribution in [2.24, 2.45) is 17.8 Å². The van der Waals surface area contributed by atoms with E-state index in [1.165, 1.54) is 70.6 Å². The molecule has 1 heterocycles. The van der Waals surface area contributed by atoms with E-state index in [4.69, 9.17) is 0 Å². The predicted molar refractivity (Wildman–Crippen MR) is 138 cm³/mol. The molecule has 0 unspecified atom stereocenters. The summed E-state index contributed by atoms with van der Waals surface area (Å²) in [6.07, 6.45) is 24.7. The Morgan fingerprint density at radius 2 is 1.38 bits per heavy atom. The Morgan fingerprint density at radius 1 is 0.765 bits per heavy atom. The monoisotopic (exact) mass is 476 g/mol. The largest absolute Gasteiger partial charge is 0.251 e. The van der Waals surface area contributed by atoms with Gasteiger partial charge in [-0.05, 0) is 55.9 Å². The molecule has 1 aromatic rings. The Morgan fingerprint density at radius 3 is 2.03 bits per heavy atom. The zero-order valence-electron chi connectivity index (χ0n) is 22.0. The van der Waals surface area contributed by atoms with Gasteiger partial charge < -0.3 is 0 Å². The van der Waals surface area contributed by atoms with Gasteiger partial charge >= 0.3 is 0 Å². The van der Waals surface area contributed by atoms with Gasteiger partial charge in [0.05, 0.1) is 0 Å². The van der Waals surface area contributed by atoms with E-state index in [1.807, 2.05) is 12.4 Å². The minimum atomic E-state index is -2.58. The third kappa shape index (κ3) is 8.55. The normalized spacial score (nSPS) is 27.1. The number of alkyl halides is 2. The number of hydrogen-bond donors (Lipinski definition) is 0. The molecule has 0 bridgehead atoms. The number of hydrogen-bond acceptors (Lipinski definition) is 2. The van der Waals surface area contributed by atoms with Crippen LogP contribution in [-0.2, 0) is 6.42 Å². The third-order valence-corrected chi connectivity index (χ3v) is 8.72. The van der Waals surface area contributed by atoms with E-state index >= 15 is 8.78 Å². The fourth-order valence-electron chi connectivity index (χ4n) is 6.53. The maximum absolute atomic E-state index is 15.3. The average Bonchev–Trinajstić information content (AvgIpc) is 2.84. The zero-order chi connectivity index (χ0) is 24.2. The Kier molecular flexibility index (Phi) is 11.7. The van der Waals surface area contributed by atoms with E-state index in [-0.39, 0.29) is 18.3 Å². The topological polar surface area (TPSA) is 25.8 Å². The van der Waals surface area contributed by atoms with Gasteiger partial charge in [-0.1, -0.05) is 90.9 Å². The van der Waals surface area contributed by atoms with Gasteiger partial charge in [0.25, 0.3) is 5.92 Å². The quantitative estimate of drug-likeness (QED) is 0.250. The molecule has 0 spiro atoms. The number of unbranched alkanes of at least 4 members (excludes halogenated alkanes) is 8. The van der Waals surface area contributed by atoms with Crippen LogP contribution in [0.25, 0.3) is 0 Å². The Labute approximate surface area is 208 Å². The van der Waals surface area contributed by atoms with Gasteiger partial charge in [0.2, 0.25) is 0 Å². The highest BCUT2D eigenvalue weighted by molar-refractivity contribution is 5.10. The van der Waals surface area contributed by atoms with Crippen molar-refractivity contribution in [1.29, 1.82) is 0 Å². The lowest BCUT2D eigenvalue weighted by molar-refractivity contribution is -0.119. The maximum Gasteiger partial charge on any atom is 0.251 e. The van der Waals surface area contributed by atoms with Gasteiger partial charge in [-0.25, -0.2) is 18.7 Å². The first-order chi connectivity index (χ1) is 16.5. The third-order valence-electron chi connectivity index (χ3n) is 8.72. The smallest absolute Gasteiger partial charge is 0.241 e. The summed E-state index contributed by atoms with van der Waals surface area (Å²) in [6.45, 7) is 4.49. The molecule has 34 heavy (non-hydrogen) atoms. The fraction of sp³-hybridized carbons (Fsp3) is 0.867. The highest BCUT2D eigenvalue weighted by Gasteiger charge is 2.49. The highest BCUT2D eigenvalue weighted by Crippen LogP contribution is 2.51. The molecule has 2 aliphatic rings. The van der Waals surface area contributed by atoms with Gasteiger partial charge in [0.1, 0.15) is 5.82 Å². The van der Waals surface area contributed by atoms with Crippen LogP contribution in [0.3, 0.4) is 0 Å². The van der Waals surface area contributed by atoms with Crippen LogP contribution in [-0.4, -0.2) is 15.9 Å². The van der Waals surface area contributed by atoms with E-state index in [9.17, 15) is 0 Å². The summed E-state index contributed by atoms with van der Waals surface area (Å²) in [7, 11) is 0. The van der Waals surface area contributed by atoms with E-state index < -0.39 is 11.8 Å². The van der Waals surface area contributed by atoms with Crippen molar-refractivity contribution in [3.8, 4) is 0 Å². The molecule has 2 fully saturated rings. The van der Waals surface area contributed by atoms with E-state index in [1.54, 1.807) is 0 Å². The molecule has 3 rings (SSSR count). The summed E-state index contributed by atoms with van der Waals surface area (Å²) in [5.74, 6) is -1.57. The molecular weight excluding hydrogens is 426 g/mol. The Bertz CT molecular complexity index is 667. The van der Waals surface area contributed by atoms with Gasteiger partial charge in [0, 0.05) is 30.7 Å². The highest BCUT2D eigenvalue weighted by atomic mass is 19.3. The number of halogens is 2. The van der Waals surface area contributed by atoms with Crippen molar-refractivity contribution in [1.82, 2.24) is 9.97 Å². The molecule has 1 aromatic heterocycles. The molecule has 0 saturated heterocycles. The van der Waals surface area contributed by atoms with Crippen LogP contribution >= 0.6 is 0 Å². The maximum atomic E-state index is 15.3. The lowest BCUT2D eigenvalue weighted by Crippen LogP contribution is -2.41. The van der Waals surface area contributed by atoms with Crippen LogP contribution in [0.4, 0.5) is 8.78 Å². The van der Waals surface area contributed by atoms with Gasteiger partial charge in [-0.15, -0.1) is 0 Å².